The Bertz CT molecular complexity index is 714. The first-order chi connectivity index (χ1) is 14.6. The fourth-order valence-corrected chi connectivity index (χ4v) is 4.76. The third kappa shape index (κ3) is 7.93. The van der Waals surface area contributed by atoms with E-state index in [1.54, 1.807) is 0 Å². The summed E-state index contributed by atoms with van der Waals surface area (Å²) in [6.07, 6.45) is 8.67. The summed E-state index contributed by atoms with van der Waals surface area (Å²) in [5, 5.41) is 16.4. The molecule has 3 rings (SSSR count). The number of hydrogen-bond acceptors (Lipinski definition) is 3. The van der Waals surface area contributed by atoms with Crippen molar-refractivity contribution in [3.05, 3.63) is 35.4 Å². The number of hydrogen-bond donors (Lipinski definition) is 3. The Balaban J connectivity index is 0.00000341. The third-order valence-corrected chi connectivity index (χ3v) is 6.49. The topological polar surface area (TPSA) is 77.0 Å². The highest BCUT2D eigenvalue weighted by Gasteiger charge is 2.31. The summed E-state index contributed by atoms with van der Waals surface area (Å²) >= 11 is 0. The molecular formula is C24H39IN4O2. The minimum Gasteiger partial charge on any atom is -0.396 e. The van der Waals surface area contributed by atoms with E-state index in [1.165, 1.54) is 37.7 Å². The largest absolute Gasteiger partial charge is 0.396 e. The Kier molecular flexibility index (Phi) is 11.1. The van der Waals surface area contributed by atoms with Crippen LogP contribution in [0, 0.1) is 5.41 Å². The highest BCUT2D eigenvalue weighted by Crippen LogP contribution is 2.38. The van der Waals surface area contributed by atoms with Crippen molar-refractivity contribution in [3.8, 4) is 0 Å². The molecule has 1 saturated carbocycles. The summed E-state index contributed by atoms with van der Waals surface area (Å²) in [5.74, 6) is 1.09. The normalized spacial score (nSPS) is 18.6. The molecule has 7 heteroatoms. The number of nitrogens with one attached hydrogen (secondary N) is 2. The predicted octanol–water partition coefficient (Wildman–Crippen LogP) is 3.82. The number of guanidine groups is 1. The SMILES string of the molecule is CCNC(=NCc1cccc(CN2CCCC2=O)c1)NCC1(CCO)CCCCC1.I. The first-order valence-electron chi connectivity index (χ1n) is 11.6. The van der Waals surface area contributed by atoms with Gasteiger partial charge in [0, 0.05) is 39.2 Å². The molecule has 1 aliphatic carbocycles. The van der Waals surface area contributed by atoms with Crippen LogP contribution in [0.5, 0.6) is 0 Å². The van der Waals surface area contributed by atoms with Gasteiger partial charge in [0.15, 0.2) is 5.96 Å². The number of nitrogens with zero attached hydrogens (tertiary/aromatic N) is 2. The van der Waals surface area contributed by atoms with E-state index in [0.29, 0.717) is 19.5 Å². The molecule has 1 amide bonds. The second kappa shape index (κ2) is 13.3. The third-order valence-electron chi connectivity index (χ3n) is 6.49. The number of carbonyl (C=O) groups excluding carboxylic acids is 1. The molecule has 0 bridgehead atoms. The maximum atomic E-state index is 11.9. The van der Waals surface area contributed by atoms with Crippen molar-refractivity contribution in [2.75, 3.05) is 26.2 Å². The summed E-state index contributed by atoms with van der Waals surface area (Å²) in [6, 6.07) is 8.40. The average molecular weight is 543 g/mol. The molecule has 1 aliphatic heterocycles. The van der Waals surface area contributed by atoms with Gasteiger partial charge >= 0.3 is 0 Å². The highest BCUT2D eigenvalue weighted by molar-refractivity contribution is 14.0. The fourth-order valence-electron chi connectivity index (χ4n) is 4.76. The smallest absolute Gasteiger partial charge is 0.222 e. The molecule has 1 heterocycles. The first kappa shape index (κ1) is 25.9. The molecule has 1 saturated heterocycles. The molecule has 174 valence electrons. The Hall–Kier alpha value is -1.35. The standard InChI is InChI=1S/C24H38N4O2.HI/c1-2-25-23(27-19-24(13-15-29)11-4-3-5-12-24)26-17-20-8-6-9-21(16-20)18-28-14-7-10-22(28)30;/h6,8-9,16,29H,2-5,7,10-15,17-19H2,1H3,(H2,25,26,27);1H. The van der Waals surface area contributed by atoms with Crippen LogP contribution < -0.4 is 10.6 Å². The quantitative estimate of drug-likeness (QED) is 0.252. The van der Waals surface area contributed by atoms with Crippen LogP contribution in [-0.2, 0) is 17.9 Å². The van der Waals surface area contributed by atoms with Gasteiger partial charge < -0.3 is 20.6 Å². The number of rotatable bonds is 9. The van der Waals surface area contributed by atoms with E-state index in [-0.39, 0.29) is 41.9 Å². The zero-order chi connectivity index (χ0) is 21.2. The lowest BCUT2D eigenvalue weighted by Gasteiger charge is -2.37. The van der Waals surface area contributed by atoms with Gasteiger partial charge in [-0.1, -0.05) is 43.5 Å². The van der Waals surface area contributed by atoms with Crippen LogP contribution in [0.4, 0.5) is 0 Å². The Labute approximate surface area is 204 Å². The summed E-state index contributed by atoms with van der Waals surface area (Å²) in [7, 11) is 0. The number of benzene rings is 1. The van der Waals surface area contributed by atoms with Crippen molar-refractivity contribution < 1.29 is 9.90 Å². The minimum atomic E-state index is 0. The molecule has 3 N–H and O–H groups in total. The second-order valence-corrected chi connectivity index (χ2v) is 8.82. The number of aliphatic imine (C=N–C) groups is 1. The molecule has 0 atom stereocenters. The molecule has 6 nitrogen and oxygen atoms in total. The van der Waals surface area contributed by atoms with Gasteiger partial charge in [-0.2, -0.15) is 0 Å². The molecule has 0 unspecified atom stereocenters. The van der Waals surface area contributed by atoms with Crippen LogP contribution in [0.3, 0.4) is 0 Å². The van der Waals surface area contributed by atoms with Gasteiger partial charge in [0.25, 0.3) is 0 Å². The van der Waals surface area contributed by atoms with E-state index in [9.17, 15) is 9.90 Å². The number of likely N-dealkylation sites (tertiary alicyclic amines) is 1. The Morgan fingerprint density at radius 3 is 2.61 bits per heavy atom. The zero-order valence-corrected chi connectivity index (χ0v) is 21.2. The lowest BCUT2D eigenvalue weighted by molar-refractivity contribution is -0.128. The van der Waals surface area contributed by atoms with E-state index >= 15 is 0 Å². The Morgan fingerprint density at radius 2 is 1.94 bits per heavy atom. The first-order valence-corrected chi connectivity index (χ1v) is 11.6. The second-order valence-electron chi connectivity index (χ2n) is 8.82. The van der Waals surface area contributed by atoms with Crippen LogP contribution in [0.1, 0.15) is 69.4 Å². The lowest BCUT2D eigenvalue weighted by Crippen LogP contribution is -2.44. The minimum absolute atomic E-state index is 0. The van der Waals surface area contributed by atoms with Crippen molar-refractivity contribution in [1.29, 1.82) is 0 Å². The molecule has 0 aromatic heterocycles. The van der Waals surface area contributed by atoms with Gasteiger partial charge in [0.05, 0.1) is 6.54 Å². The monoisotopic (exact) mass is 542 g/mol. The Morgan fingerprint density at radius 1 is 1.16 bits per heavy atom. The summed E-state index contributed by atoms with van der Waals surface area (Å²) in [6.45, 7) is 6.16. The number of halogens is 1. The molecule has 31 heavy (non-hydrogen) atoms. The van der Waals surface area contributed by atoms with Crippen molar-refractivity contribution in [3.63, 3.8) is 0 Å². The van der Waals surface area contributed by atoms with Gasteiger partial charge in [-0.3, -0.25) is 4.79 Å². The van der Waals surface area contributed by atoms with Gasteiger partial charge in [0.2, 0.25) is 5.91 Å². The van der Waals surface area contributed by atoms with Crippen molar-refractivity contribution >= 4 is 35.8 Å². The summed E-state index contributed by atoms with van der Waals surface area (Å²) in [4.78, 5) is 18.6. The molecular weight excluding hydrogens is 503 g/mol. The van der Waals surface area contributed by atoms with Gasteiger partial charge in [-0.25, -0.2) is 4.99 Å². The molecule has 0 spiro atoms. The van der Waals surface area contributed by atoms with Crippen LogP contribution in [0.2, 0.25) is 0 Å². The number of aliphatic hydroxyl groups is 1. The van der Waals surface area contributed by atoms with E-state index < -0.39 is 0 Å². The maximum Gasteiger partial charge on any atom is 0.222 e. The van der Waals surface area contributed by atoms with Crippen LogP contribution in [-0.4, -0.2) is 48.1 Å². The van der Waals surface area contributed by atoms with Gasteiger partial charge in [-0.05, 0) is 49.1 Å². The van der Waals surface area contributed by atoms with E-state index in [4.69, 9.17) is 4.99 Å². The highest BCUT2D eigenvalue weighted by atomic mass is 127. The molecule has 0 radical (unpaired) electrons. The van der Waals surface area contributed by atoms with Crippen molar-refractivity contribution in [2.24, 2.45) is 10.4 Å². The van der Waals surface area contributed by atoms with Gasteiger partial charge in [-0.15, -0.1) is 24.0 Å². The lowest BCUT2D eigenvalue weighted by atomic mass is 9.72. The summed E-state index contributed by atoms with van der Waals surface area (Å²) < 4.78 is 0. The number of aliphatic hydroxyl groups excluding tert-OH is 1. The molecule has 1 aromatic rings. The van der Waals surface area contributed by atoms with Crippen LogP contribution in [0.15, 0.2) is 29.3 Å². The van der Waals surface area contributed by atoms with Crippen molar-refractivity contribution in [2.45, 2.75) is 71.4 Å². The van der Waals surface area contributed by atoms with Crippen molar-refractivity contribution in [1.82, 2.24) is 15.5 Å². The van der Waals surface area contributed by atoms with E-state index in [2.05, 4.69) is 41.8 Å². The van der Waals surface area contributed by atoms with E-state index in [1.807, 2.05) is 4.90 Å². The van der Waals surface area contributed by atoms with E-state index in [0.717, 1.165) is 44.0 Å². The predicted molar refractivity (Wildman–Crippen MR) is 137 cm³/mol. The van der Waals surface area contributed by atoms with Crippen LogP contribution >= 0.6 is 24.0 Å². The molecule has 2 aliphatic rings. The fraction of sp³-hybridized carbons (Fsp3) is 0.667. The van der Waals surface area contributed by atoms with Crippen LogP contribution in [0.25, 0.3) is 0 Å². The maximum absolute atomic E-state index is 11.9. The van der Waals surface area contributed by atoms with Gasteiger partial charge in [0.1, 0.15) is 0 Å². The zero-order valence-electron chi connectivity index (χ0n) is 18.9. The molecule has 2 fully saturated rings. The summed E-state index contributed by atoms with van der Waals surface area (Å²) in [5.41, 5.74) is 2.50. The number of amides is 1. The number of carbonyl (C=O) groups is 1. The molecule has 1 aromatic carbocycles. The average Bonchev–Trinajstić information content (AvgIpc) is 3.16.